The van der Waals surface area contributed by atoms with E-state index in [1.165, 1.54) is 47.4 Å². The van der Waals surface area contributed by atoms with Crippen LogP contribution in [0.5, 0.6) is 0 Å². The second-order valence-electron chi connectivity index (χ2n) is 6.64. The molecule has 7 heteroatoms. The van der Waals surface area contributed by atoms with E-state index < -0.39 is 29.1 Å². The van der Waals surface area contributed by atoms with Crippen LogP contribution >= 0.6 is 0 Å². The summed E-state index contributed by atoms with van der Waals surface area (Å²) in [4.78, 5) is 27.8. The smallest absolute Gasteiger partial charge is 0.276 e. The molecule has 1 unspecified atom stereocenters. The van der Waals surface area contributed by atoms with Crippen LogP contribution in [-0.2, 0) is 10.5 Å². The number of hydrogen-bond donors (Lipinski definition) is 2. The van der Waals surface area contributed by atoms with Gasteiger partial charge >= 0.3 is 0 Å². The number of nitrogens with zero attached hydrogens (tertiary/aromatic N) is 1. The Bertz CT molecular complexity index is 1150. The highest BCUT2D eigenvalue weighted by Gasteiger charge is 2.57. The molecule has 2 aliphatic heterocycles. The molecule has 5 nitrogen and oxygen atoms in total. The highest BCUT2D eigenvalue weighted by molar-refractivity contribution is 6.21. The van der Waals surface area contributed by atoms with Gasteiger partial charge in [0.05, 0.1) is 5.56 Å². The maximum absolute atomic E-state index is 14.1. The van der Waals surface area contributed by atoms with Gasteiger partial charge in [0.2, 0.25) is 5.66 Å². The number of carbonyl (C=O) groups is 2. The summed E-state index contributed by atoms with van der Waals surface area (Å²) in [5.74, 6) is -1.99. The van der Waals surface area contributed by atoms with Crippen molar-refractivity contribution in [3.05, 3.63) is 89.5 Å². The van der Waals surface area contributed by atoms with Crippen LogP contribution in [0.25, 0.3) is 0 Å². The molecule has 0 saturated heterocycles. The van der Waals surface area contributed by atoms with Gasteiger partial charge in [0.15, 0.2) is 0 Å². The molecular formula is C21H13F2N3O2. The van der Waals surface area contributed by atoms with E-state index in [1.54, 1.807) is 24.3 Å². The molecule has 1 spiro atoms. The maximum Gasteiger partial charge on any atom is 0.276 e. The number of fused-ring (bicyclic) bond motifs is 3. The Kier molecular flexibility index (Phi) is 3.30. The lowest BCUT2D eigenvalue weighted by atomic mass is 9.92. The van der Waals surface area contributed by atoms with Crippen LogP contribution in [0.1, 0.15) is 15.9 Å². The molecule has 0 saturated carbocycles. The Labute approximate surface area is 158 Å². The van der Waals surface area contributed by atoms with Gasteiger partial charge in [-0.05, 0) is 54.6 Å². The minimum atomic E-state index is -1.69. The summed E-state index contributed by atoms with van der Waals surface area (Å²) in [6.07, 6.45) is 0. The van der Waals surface area contributed by atoms with E-state index >= 15 is 0 Å². The van der Waals surface area contributed by atoms with Gasteiger partial charge in [0, 0.05) is 22.6 Å². The second-order valence-corrected chi connectivity index (χ2v) is 6.64. The minimum absolute atomic E-state index is 0.282. The Morgan fingerprint density at radius 1 is 0.821 bits per heavy atom. The summed E-state index contributed by atoms with van der Waals surface area (Å²) >= 11 is 0. The molecule has 3 aromatic carbocycles. The van der Waals surface area contributed by atoms with Gasteiger partial charge in [-0.15, -0.1) is 0 Å². The van der Waals surface area contributed by atoms with Crippen molar-refractivity contribution in [2.75, 3.05) is 15.5 Å². The van der Waals surface area contributed by atoms with Gasteiger partial charge in [0.25, 0.3) is 11.8 Å². The molecular weight excluding hydrogens is 364 g/mol. The fourth-order valence-corrected chi connectivity index (χ4v) is 3.81. The van der Waals surface area contributed by atoms with Crippen molar-refractivity contribution in [1.82, 2.24) is 0 Å². The molecule has 2 N–H and O–H groups in total. The molecule has 0 fully saturated rings. The Morgan fingerprint density at radius 2 is 1.54 bits per heavy atom. The molecule has 0 aromatic heterocycles. The highest BCUT2D eigenvalue weighted by atomic mass is 19.1. The molecule has 2 heterocycles. The number of hydrogen-bond acceptors (Lipinski definition) is 3. The Hall–Kier alpha value is -3.74. The van der Waals surface area contributed by atoms with E-state index in [0.717, 1.165) is 0 Å². The third-order valence-electron chi connectivity index (χ3n) is 5.04. The topological polar surface area (TPSA) is 61.4 Å². The van der Waals surface area contributed by atoms with Crippen molar-refractivity contribution < 1.29 is 18.4 Å². The predicted molar refractivity (Wildman–Crippen MR) is 100.0 cm³/mol. The van der Waals surface area contributed by atoms with Crippen molar-refractivity contribution in [1.29, 1.82) is 0 Å². The van der Waals surface area contributed by atoms with E-state index in [-0.39, 0.29) is 5.56 Å². The largest absolute Gasteiger partial charge is 0.350 e. The number of amides is 2. The van der Waals surface area contributed by atoms with Crippen LogP contribution in [0.15, 0.2) is 66.7 Å². The lowest BCUT2D eigenvalue weighted by Crippen LogP contribution is -2.61. The number of anilines is 3. The van der Waals surface area contributed by atoms with Crippen LogP contribution in [0.3, 0.4) is 0 Å². The molecule has 2 aliphatic rings. The van der Waals surface area contributed by atoms with Crippen LogP contribution in [0, 0.1) is 11.6 Å². The molecule has 5 rings (SSSR count). The van der Waals surface area contributed by atoms with E-state index in [0.29, 0.717) is 22.6 Å². The van der Waals surface area contributed by atoms with Gasteiger partial charge in [-0.1, -0.05) is 12.1 Å². The third-order valence-corrected chi connectivity index (χ3v) is 5.04. The quantitative estimate of drug-likeness (QED) is 0.677. The number of halogens is 2. The fourth-order valence-electron chi connectivity index (χ4n) is 3.81. The molecule has 0 bridgehead atoms. The predicted octanol–water partition coefficient (Wildman–Crippen LogP) is 3.84. The van der Waals surface area contributed by atoms with Crippen molar-refractivity contribution in [3.8, 4) is 0 Å². The van der Waals surface area contributed by atoms with E-state index in [9.17, 15) is 18.4 Å². The zero-order valence-corrected chi connectivity index (χ0v) is 14.4. The normalized spacial score (nSPS) is 19.9. The summed E-state index contributed by atoms with van der Waals surface area (Å²) in [5.41, 5.74) is 0.109. The molecule has 3 aromatic rings. The summed E-state index contributed by atoms with van der Waals surface area (Å²) in [5, 5.41) is 5.84. The van der Waals surface area contributed by atoms with Crippen LogP contribution in [0.2, 0.25) is 0 Å². The molecule has 0 aliphatic carbocycles. The number of para-hydroxylation sites is 1. The average Bonchev–Trinajstić information content (AvgIpc) is 2.95. The Morgan fingerprint density at radius 3 is 2.32 bits per heavy atom. The van der Waals surface area contributed by atoms with Crippen molar-refractivity contribution in [2.24, 2.45) is 0 Å². The molecule has 28 heavy (non-hydrogen) atoms. The number of carbonyl (C=O) groups excluding carboxylic acids is 2. The third kappa shape index (κ3) is 2.10. The highest BCUT2D eigenvalue weighted by Crippen LogP contribution is 2.47. The Balaban J connectivity index is 1.82. The zero-order chi connectivity index (χ0) is 19.5. The molecule has 1 atom stereocenters. The van der Waals surface area contributed by atoms with Gasteiger partial charge in [-0.3, -0.25) is 14.5 Å². The molecule has 138 valence electrons. The first-order valence-corrected chi connectivity index (χ1v) is 8.59. The lowest BCUT2D eigenvalue weighted by Gasteiger charge is -2.44. The number of benzene rings is 3. The molecule has 0 radical (unpaired) electrons. The monoisotopic (exact) mass is 377 g/mol. The first kappa shape index (κ1) is 16.4. The van der Waals surface area contributed by atoms with Crippen LogP contribution < -0.4 is 15.5 Å². The first-order chi connectivity index (χ1) is 13.5. The van der Waals surface area contributed by atoms with Crippen molar-refractivity contribution in [2.45, 2.75) is 5.66 Å². The van der Waals surface area contributed by atoms with Gasteiger partial charge < -0.3 is 10.6 Å². The maximum atomic E-state index is 14.1. The summed E-state index contributed by atoms with van der Waals surface area (Å²) < 4.78 is 27.6. The summed E-state index contributed by atoms with van der Waals surface area (Å²) in [6.45, 7) is 0. The van der Waals surface area contributed by atoms with Gasteiger partial charge in [0.1, 0.15) is 11.6 Å². The van der Waals surface area contributed by atoms with E-state index in [4.69, 9.17) is 0 Å². The SMILES string of the molecule is O=C1c2ccccc2NC2(C(=O)Nc3ccc(F)cc32)N1c1ccc(F)cc1. The van der Waals surface area contributed by atoms with Crippen molar-refractivity contribution in [3.63, 3.8) is 0 Å². The van der Waals surface area contributed by atoms with Crippen molar-refractivity contribution >= 4 is 28.9 Å². The fraction of sp³-hybridized carbons (Fsp3) is 0.0476. The van der Waals surface area contributed by atoms with Crippen LogP contribution in [-0.4, -0.2) is 11.8 Å². The summed E-state index contributed by atoms with van der Waals surface area (Å²) in [7, 11) is 0. The minimum Gasteiger partial charge on any atom is -0.350 e. The van der Waals surface area contributed by atoms with Crippen LogP contribution in [0.4, 0.5) is 25.8 Å². The zero-order valence-electron chi connectivity index (χ0n) is 14.4. The first-order valence-electron chi connectivity index (χ1n) is 8.59. The second kappa shape index (κ2) is 5.63. The molecule has 2 amide bonds. The van der Waals surface area contributed by atoms with Gasteiger partial charge in [-0.2, -0.15) is 0 Å². The average molecular weight is 377 g/mol. The number of nitrogens with one attached hydrogen (secondary N) is 2. The van der Waals surface area contributed by atoms with E-state index in [1.807, 2.05) is 0 Å². The number of rotatable bonds is 1. The van der Waals surface area contributed by atoms with E-state index in [2.05, 4.69) is 10.6 Å². The van der Waals surface area contributed by atoms with Gasteiger partial charge in [-0.25, -0.2) is 8.78 Å². The standard InChI is InChI=1S/C21H13F2N3O2/c22-12-5-8-14(9-6-12)26-19(27)15-3-1-2-4-17(15)25-21(26)16-11-13(23)7-10-18(16)24-20(21)28/h1-11,25H,(H,24,28). The summed E-state index contributed by atoms with van der Waals surface area (Å²) in [6, 6.07) is 15.9. The lowest BCUT2D eigenvalue weighted by molar-refractivity contribution is -0.119.